The van der Waals surface area contributed by atoms with Crippen LogP contribution in [0.15, 0.2) is 24.3 Å². The Balaban J connectivity index is 2.46. The Morgan fingerprint density at radius 3 is 2.70 bits per heavy atom. The smallest absolute Gasteiger partial charge is 0.224 e. The van der Waals surface area contributed by atoms with Gasteiger partial charge in [-0.1, -0.05) is 26.0 Å². The third-order valence-electron chi connectivity index (χ3n) is 3.11. The van der Waals surface area contributed by atoms with E-state index in [2.05, 4.69) is 30.5 Å². The van der Waals surface area contributed by atoms with Gasteiger partial charge < -0.3 is 15.4 Å². The van der Waals surface area contributed by atoms with E-state index in [1.54, 1.807) is 7.11 Å². The molecule has 0 saturated carbocycles. The first-order valence-electron chi connectivity index (χ1n) is 7.16. The van der Waals surface area contributed by atoms with E-state index in [9.17, 15) is 4.79 Å². The molecule has 4 heteroatoms. The van der Waals surface area contributed by atoms with Gasteiger partial charge in [0.25, 0.3) is 0 Å². The van der Waals surface area contributed by atoms with E-state index in [1.165, 1.54) is 5.56 Å². The molecule has 1 rings (SSSR count). The number of nitrogens with one attached hydrogen (secondary N) is 2. The van der Waals surface area contributed by atoms with Gasteiger partial charge in [-0.3, -0.25) is 4.79 Å². The van der Waals surface area contributed by atoms with Crippen LogP contribution in [0.2, 0.25) is 0 Å². The molecule has 112 valence electrons. The van der Waals surface area contributed by atoms with Crippen LogP contribution in [0.5, 0.6) is 0 Å². The fourth-order valence-electron chi connectivity index (χ4n) is 1.76. The van der Waals surface area contributed by atoms with Crippen LogP contribution < -0.4 is 10.6 Å². The van der Waals surface area contributed by atoms with Crippen LogP contribution in [0.1, 0.15) is 39.2 Å². The van der Waals surface area contributed by atoms with Crippen LogP contribution in [0.3, 0.4) is 0 Å². The molecule has 0 radical (unpaired) electrons. The Bertz CT molecular complexity index is 419. The second-order valence-electron chi connectivity index (χ2n) is 5.37. The summed E-state index contributed by atoms with van der Waals surface area (Å²) in [5.41, 5.74) is 2.02. The molecule has 1 atom stereocenters. The maximum absolute atomic E-state index is 11.8. The summed E-state index contributed by atoms with van der Waals surface area (Å²) in [4.78, 5) is 11.8. The Labute approximate surface area is 121 Å². The first-order valence-corrected chi connectivity index (χ1v) is 7.16. The van der Waals surface area contributed by atoms with Crippen molar-refractivity contribution in [3.05, 3.63) is 29.8 Å². The summed E-state index contributed by atoms with van der Waals surface area (Å²) in [6.45, 7) is 7.00. The number of methoxy groups -OCH3 is 1. The Morgan fingerprint density at radius 2 is 2.05 bits per heavy atom. The highest BCUT2D eigenvalue weighted by atomic mass is 16.5. The van der Waals surface area contributed by atoms with Crippen LogP contribution in [-0.4, -0.2) is 25.2 Å². The van der Waals surface area contributed by atoms with E-state index in [4.69, 9.17) is 4.74 Å². The van der Waals surface area contributed by atoms with Crippen LogP contribution in [0.25, 0.3) is 0 Å². The molecular weight excluding hydrogens is 252 g/mol. The van der Waals surface area contributed by atoms with E-state index in [1.807, 2.05) is 25.1 Å². The second-order valence-corrected chi connectivity index (χ2v) is 5.37. The molecule has 0 heterocycles. The lowest BCUT2D eigenvalue weighted by Gasteiger charge is -2.11. The lowest BCUT2D eigenvalue weighted by molar-refractivity contribution is -0.116. The molecule has 0 aliphatic rings. The number of benzene rings is 1. The summed E-state index contributed by atoms with van der Waals surface area (Å²) in [6.07, 6.45) is 1.32. The molecule has 0 aliphatic heterocycles. The topological polar surface area (TPSA) is 50.4 Å². The van der Waals surface area contributed by atoms with Crippen molar-refractivity contribution >= 4 is 11.6 Å². The third kappa shape index (κ3) is 6.68. The molecular formula is C16H26N2O2. The van der Waals surface area contributed by atoms with Gasteiger partial charge in [-0.15, -0.1) is 0 Å². The van der Waals surface area contributed by atoms with Crippen LogP contribution in [-0.2, 0) is 16.1 Å². The summed E-state index contributed by atoms with van der Waals surface area (Å²) in [5.74, 6) is 0.0304. The van der Waals surface area contributed by atoms with Crippen molar-refractivity contribution in [3.8, 4) is 0 Å². The highest BCUT2D eigenvalue weighted by Crippen LogP contribution is 2.12. The molecule has 4 nitrogen and oxygen atoms in total. The van der Waals surface area contributed by atoms with Gasteiger partial charge in [0.05, 0.1) is 6.10 Å². The fraction of sp³-hybridized carbons (Fsp3) is 0.562. The molecule has 0 bridgehead atoms. The molecule has 1 aromatic carbocycles. The standard InChI is InChI=1S/C16H26N2O2/c1-12(2)17-11-14-6-5-7-15(10-14)18-16(19)9-8-13(3)20-4/h5-7,10,12-13,17H,8-9,11H2,1-4H3,(H,18,19). The first-order chi connectivity index (χ1) is 9.51. The van der Waals surface area contributed by atoms with Crippen molar-refractivity contribution in [1.82, 2.24) is 5.32 Å². The van der Waals surface area contributed by atoms with Gasteiger partial charge in [0.2, 0.25) is 5.91 Å². The fourth-order valence-corrected chi connectivity index (χ4v) is 1.76. The predicted octanol–water partition coefficient (Wildman–Crippen LogP) is 2.94. The van der Waals surface area contributed by atoms with E-state index in [-0.39, 0.29) is 12.0 Å². The maximum Gasteiger partial charge on any atom is 0.224 e. The minimum absolute atomic E-state index is 0.0304. The molecule has 0 fully saturated rings. The number of ether oxygens (including phenoxy) is 1. The summed E-state index contributed by atoms with van der Waals surface area (Å²) >= 11 is 0. The monoisotopic (exact) mass is 278 g/mol. The number of amides is 1. The number of hydrogen-bond acceptors (Lipinski definition) is 3. The zero-order valence-electron chi connectivity index (χ0n) is 12.9. The van der Waals surface area contributed by atoms with Crippen LogP contribution >= 0.6 is 0 Å². The largest absolute Gasteiger partial charge is 0.382 e. The summed E-state index contributed by atoms with van der Waals surface area (Å²) in [7, 11) is 1.66. The number of carbonyl (C=O) groups is 1. The minimum Gasteiger partial charge on any atom is -0.382 e. The molecule has 20 heavy (non-hydrogen) atoms. The summed E-state index contributed by atoms with van der Waals surface area (Å²) in [6, 6.07) is 8.38. The van der Waals surface area contributed by atoms with Crippen molar-refractivity contribution in [2.24, 2.45) is 0 Å². The number of anilines is 1. The number of hydrogen-bond donors (Lipinski definition) is 2. The van der Waals surface area contributed by atoms with Crippen molar-refractivity contribution in [2.75, 3.05) is 12.4 Å². The predicted molar refractivity (Wildman–Crippen MR) is 82.8 cm³/mol. The highest BCUT2D eigenvalue weighted by molar-refractivity contribution is 5.90. The van der Waals surface area contributed by atoms with E-state index in [0.717, 1.165) is 18.7 Å². The third-order valence-corrected chi connectivity index (χ3v) is 3.11. The molecule has 0 aliphatic carbocycles. The number of rotatable bonds is 8. The van der Waals surface area contributed by atoms with Gasteiger partial charge in [-0.05, 0) is 31.0 Å². The van der Waals surface area contributed by atoms with Gasteiger partial charge in [-0.25, -0.2) is 0 Å². The van der Waals surface area contributed by atoms with E-state index in [0.29, 0.717) is 12.5 Å². The summed E-state index contributed by atoms with van der Waals surface area (Å²) in [5, 5.41) is 6.29. The van der Waals surface area contributed by atoms with Crippen molar-refractivity contribution in [1.29, 1.82) is 0 Å². The zero-order chi connectivity index (χ0) is 15.0. The average molecular weight is 278 g/mol. The average Bonchev–Trinajstić information content (AvgIpc) is 2.43. The molecule has 1 unspecified atom stereocenters. The minimum atomic E-state index is 0.0304. The van der Waals surface area contributed by atoms with Gasteiger partial charge in [0.1, 0.15) is 0 Å². The molecule has 2 N–H and O–H groups in total. The van der Waals surface area contributed by atoms with Gasteiger partial charge in [0.15, 0.2) is 0 Å². The molecule has 0 saturated heterocycles. The second kappa shape index (κ2) is 8.72. The normalized spacial score (nSPS) is 12.4. The van der Waals surface area contributed by atoms with Crippen molar-refractivity contribution < 1.29 is 9.53 Å². The van der Waals surface area contributed by atoms with E-state index < -0.39 is 0 Å². The molecule has 1 amide bonds. The SMILES string of the molecule is COC(C)CCC(=O)Nc1cccc(CNC(C)C)c1. The molecule has 0 spiro atoms. The molecule has 1 aromatic rings. The zero-order valence-corrected chi connectivity index (χ0v) is 12.9. The van der Waals surface area contributed by atoms with Gasteiger partial charge in [-0.2, -0.15) is 0 Å². The Morgan fingerprint density at radius 1 is 1.30 bits per heavy atom. The molecule has 0 aromatic heterocycles. The van der Waals surface area contributed by atoms with Gasteiger partial charge in [0, 0.05) is 31.8 Å². The number of carbonyl (C=O) groups excluding carboxylic acids is 1. The lowest BCUT2D eigenvalue weighted by atomic mass is 10.1. The Hall–Kier alpha value is -1.39. The Kier molecular flexibility index (Phi) is 7.26. The van der Waals surface area contributed by atoms with Crippen molar-refractivity contribution in [2.45, 2.75) is 52.3 Å². The van der Waals surface area contributed by atoms with E-state index >= 15 is 0 Å². The van der Waals surface area contributed by atoms with Crippen LogP contribution in [0, 0.1) is 0 Å². The quantitative estimate of drug-likeness (QED) is 0.768. The summed E-state index contributed by atoms with van der Waals surface area (Å²) < 4.78 is 5.14. The maximum atomic E-state index is 11.8. The van der Waals surface area contributed by atoms with Crippen molar-refractivity contribution in [3.63, 3.8) is 0 Å². The lowest BCUT2D eigenvalue weighted by Crippen LogP contribution is -2.22. The van der Waals surface area contributed by atoms with Crippen LogP contribution in [0.4, 0.5) is 5.69 Å². The van der Waals surface area contributed by atoms with Gasteiger partial charge >= 0.3 is 0 Å². The first kappa shape index (κ1) is 16.7. The highest BCUT2D eigenvalue weighted by Gasteiger charge is 2.06.